The number of hydrogen-bond acceptors (Lipinski definition) is 6. The van der Waals surface area contributed by atoms with Crippen molar-refractivity contribution in [2.75, 3.05) is 25.6 Å². The molecule has 22 heavy (non-hydrogen) atoms. The number of rotatable bonds is 7. The lowest BCUT2D eigenvalue weighted by Gasteiger charge is -2.14. The van der Waals surface area contributed by atoms with E-state index in [2.05, 4.69) is 10.3 Å². The molecular weight excluding hydrogens is 310 g/mol. The Balaban J connectivity index is 2.53. The van der Waals surface area contributed by atoms with Gasteiger partial charge in [-0.05, 0) is 26.0 Å². The van der Waals surface area contributed by atoms with Crippen molar-refractivity contribution in [1.82, 2.24) is 4.98 Å². The number of halogens is 1. The lowest BCUT2D eigenvalue weighted by molar-refractivity contribution is 0.229. The molecule has 1 aromatic carbocycles. The number of benzene rings is 1. The topological polar surface area (TPSA) is 73.6 Å². The first-order valence-corrected chi connectivity index (χ1v) is 8.43. The van der Waals surface area contributed by atoms with Gasteiger partial charge in [-0.1, -0.05) is 12.1 Å². The van der Waals surface area contributed by atoms with Crippen LogP contribution in [-0.4, -0.2) is 25.2 Å². The molecule has 6 nitrogen and oxygen atoms in total. The van der Waals surface area contributed by atoms with E-state index in [-0.39, 0.29) is 36.0 Å². The third-order valence-electron chi connectivity index (χ3n) is 2.80. The van der Waals surface area contributed by atoms with Crippen LogP contribution in [0.5, 0.6) is 0 Å². The summed E-state index contributed by atoms with van der Waals surface area (Å²) in [4.78, 5) is 4.14. The molecule has 0 radical (unpaired) electrons. The molecule has 2 rings (SSSR count). The molecule has 8 heteroatoms. The summed E-state index contributed by atoms with van der Waals surface area (Å²) in [6, 6.07) is 6.04. The maximum Gasteiger partial charge on any atom is 0.385 e. The highest BCUT2D eigenvalue weighted by Gasteiger charge is 2.35. The molecule has 1 aromatic heterocycles. The summed E-state index contributed by atoms with van der Waals surface area (Å²) in [6.07, 6.45) is 0. The van der Waals surface area contributed by atoms with Gasteiger partial charge >= 0.3 is 7.60 Å². The van der Waals surface area contributed by atoms with Gasteiger partial charge in [-0.2, -0.15) is 4.98 Å². The monoisotopic (exact) mass is 328 g/mol. The summed E-state index contributed by atoms with van der Waals surface area (Å²) >= 11 is 0. The number of hydrogen-bond donors (Lipinski definition) is 1. The Hall–Kier alpha value is -1.69. The minimum atomic E-state index is -3.63. The van der Waals surface area contributed by atoms with Crippen LogP contribution in [0.4, 0.5) is 10.3 Å². The van der Waals surface area contributed by atoms with Gasteiger partial charge in [0.25, 0.3) is 0 Å². The zero-order valence-electron chi connectivity index (χ0n) is 12.6. The van der Waals surface area contributed by atoms with Gasteiger partial charge in [0.05, 0.1) is 18.8 Å². The summed E-state index contributed by atoms with van der Waals surface area (Å²) in [5, 5.41) is 2.74. The zero-order valence-corrected chi connectivity index (χ0v) is 13.5. The van der Waals surface area contributed by atoms with Crippen molar-refractivity contribution in [2.45, 2.75) is 13.8 Å². The van der Waals surface area contributed by atoms with Crippen molar-refractivity contribution in [3.05, 3.63) is 30.1 Å². The summed E-state index contributed by atoms with van der Waals surface area (Å²) in [5.41, 5.74) is 0.182. The molecule has 0 fully saturated rings. The molecule has 0 aliphatic rings. The summed E-state index contributed by atoms with van der Waals surface area (Å²) in [6.45, 7) is 3.76. The first kappa shape index (κ1) is 16.7. The van der Waals surface area contributed by atoms with Gasteiger partial charge in [0.15, 0.2) is 0 Å². The first-order valence-electron chi connectivity index (χ1n) is 6.88. The fraction of sp³-hybridized carbons (Fsp3) is 0.357. The highest BCUT2D eigenvalue weighted by atomic mass is 31.2. The predicted molar refractivity (Wildman–Crippen MR) is 81.9 cm³/mol. The second-order valence-electron chi connectivity index (χ2n) is 4.23. The molecule has 0 bridgehead atoms. The highest BCUT2D eigenvalue weighted by Crippen LogP contribution is 2.49. The third kappa shape index (κ3) is 3.21. The highest BCUT2D eigenvalue weighted by molar-refractivity contribution is 7.62. The predicted octanol–water partition coefficient (Wildman–Crippen LogP) is 3.41. The van der Waals surface area contributed by atoms with Crippen molar-refractivity contribution in [3.63, 3.8) is 0 Å². The van der Waals surface area contributed by atoms with Crippen LogP contribution in [0.25, 0.3) is 11.5 Å². The molecule has 0 aliphatic carbocycles. The zero-order chi connectivity index (χ0) is 16.2. The van der Waals surface area contributed by atoms with Gasteiger partial charge in [0.1, 0.15) is 5.82 Å². The number of oxazole rings is 1. The Bertz CT molecular complexity index is 679. The molecule has 0 aliphatic heterocycles. The van der Waals surface area contributed by atoms with E-state index in [1.54, 1.807) is 33.0 Å². The van der Waals surface area contributed by atoms with Crippen LogP contribution in [0, 0.1) is 5.82 Å². The normalized spacial score (nSPS) is 11.6. The maximum absolute atomic E-state index is 13.9. The van der Waals surface area contributed by atoms with E-state index in [4.69, 9.17) is 13.5 Å². The number of nitrogens with one attached hydrogen (secondary N) is 1. The molecule has 2 aromatic rings. The third-order valence-corrected chi connectivity index (χ3v) is 4.82. The Kier molecular flexibility index (Phi) is 5.34. The van der Waals surface area contributed by atoms with Gasteiger partial charge < -0.3 is 18.8 Å². The van der Waals surface area contributed by atoms with E-state index in [0.29, 0.717) is 0 Å². The van der Waals surface area contributed by atoms with Gasteiger partial charge in [0, 0.05) is 7.05 Å². The van der Waals surface area contributed by atoms with E-state index < -0.39 is 13.4 Å². The molecule has 1 N–H and O–H groups in total. The van der Waals surface area contributed by atoms with E-state index in [9.17, 15) is 8.96 Å². The van der Waals surface area contributed by atoms with Gasteiger partial charge in [-0.15, -0.1) is 0 Å². The fourth-order valence-corrected chi connectivity index (χ4v) is 3.53. The molecular formula is C14H18FN2O4P. The first-order chi connectivity index (χ1) is 10.6. The summed E-state index contributed by atoms with van der Waals surface area (Å²) in [5.74, 6) is -0.346. The van der Waals surface area contributed by atoms with Gasteiger partial charge in [-0.25, -0.2) is 4.39 Å². The fourth-order valence-electron chi connectivity index (χ4n) is 1.91. The number of anilines is 1. The van der Waals surface area contributed by atoms with Crippen LogP contribution in [0.15, 0.2) is 28.7 Å². The molecule has 0 amide bonds. The lowest BCUT2D eigenvalue weighted by Crippen LogP contribution is -2.15. The Morgan fingerprint density at radius 3 is 2.45 bits per heavy atom. The van der Waals surface area contributed by atoms with Crippen LogP contribution in [-0.2, 0) is 13.6 Å². The molecule has 0 spiro atoms. The smallest absolute Gasteiger partial charge is 0.385 e. The molecule has 0 atom stereocenters. The molecule has 120 valence electrons. The molecule has 0 saturated heterocycles. The maximum atomic E-state index is 13.9. The van der Waals surface area contributed by atoms with Crippen molar-refractivity contribution >= 4 is 18.9 Å². The number of aromatic nitrogens is 1. The number of nitrogens with zero attached hydrogens (tertiary/aromatic N) is 1. The standard InChI is InChI=1S/C14H18FN2O4P/c1-4-19-22(18,20-5-2)14-13(16-3)21-12(17-14)10-8-6-7-9-11(10)15/h6-9,16H,4-5H2,1-3H3. The van der Waals surface area contributed by atoms with E-state index in [0.717, 1.165) is 0 Å². The molecule has 0 saturated carbocycles. The van der Waals surface area contributed by atoms with Crippen molar-refractivity contribution in [3.8, 4) is 11.5 Å². The van der Waals surface area contributed by atoms with Crippen molar-refractivity contribution < 1.29 is 22.4 Å². The summed E-state index contributed by atoms with van der Waals surface area (Å²) < 4.78 is 42.7. The largest absolute Gasteiger partial charge is 0.420 e. The second kappa shape index (κ2) is 7.05. The Labute approximate surface area is 128 Å². The summed E-state index contributed by atoms with van der Waals surface area (Å²) in [7, 11) is -2.05. The van der Waals surface area contributed by atoms with Crippen LogP contribution in [0.3, 0.4) is 0 Å². The van der Waals surface area contributed by atoms with E-state index in [1.165, 1.54) is 12.1 Å². The van der Waals surface area contributed by atoms with Gasteiger partial charge in [-0.3, -0.25) is 4.57 Å². The van der Waals surface area contributed by atoms with Crippen LogP contribution in [0.1, 0.15) is 13.8 Å². The SMILES string of the molecule is CCOP(=O)(OCC)c1nc(-c2ccccc2F)oc1NC. The van der Waals surface area contributed by atoms with Crippen molar-refractivity contribution in [1.29, 1.82) is 0 Å². The lowest BCUT2D eigenvalue weighted by atomic mass is 10.2. The van der Waals surface area contributed by atoms with Crippen LogP contribution >= 0.6 is 7.60 Å². The Morgan fingerprint density at radius 2 is 1.91 bits per heavy atom. The quantitative estimate of drug-likeness (QED) is 0.785. The van der Waals surface area contributed by atoms with Crippen molar-refractivity contribution in [2.24, 2.45) is 0 Å². The van der Waals surface area contributed by atoms with Crippen LogP contribution in [0.2, 0.25) is 0 Å². The molecule has 1 heterocycles. The van der Waals surface area contributed by atoms with Gasteiger partial charge in [0.2, 0.25) is 17.2 Å². The minimum Gasteiger partial charge on any atom is -0.420 e. The van der Waals surface area contributed by atoms with Crippen LogP contribution < -0.4 is 10.8 Å². The minimum absolute atomic E-state index is 0.0111. The average Bonchev–Trinajstić information content (AvgIpc) is 2.93. The molecule has 0 unspecified atom stereocenters. The Morgan fingerprint density at radius 1 is 1.27 bits per heavy atom. The van der Waals surface area contributed by atoms with E-state index in [1.807, 2.05) is 0 Å². The second-order valence-corrected chi connectivity index (χ2v) is 6.17. The van der Waals surface area contributed by atoms with E-state index >= 15 is 0 Å². The average molecular weight is 328 g/mol.